The molecule has 0 radical (unpaired) electrons. The van der Waals surface area contributed by atoms with Crippen molar-refractivity contribution in [3.8, 4) is 55.6 Å². The molecule has 0 heteroatoms. The molecule has 11 aromatic carbocycles. The van der Waals surface area contributed by atoms with Gasteiger partial charge < -0.3 is 0 Å². The highest BCUT2D eigenvalue weighted by Gasteiger charge is 2.54. The quantitative estimate of drug-likeness (QED) is 0.156. The number of fused-ring (bicyclic) bond motifs is 26. The van der Waals surface area contributed by atoms with E-state index < -0.39 is 10.8 Å². The Kier molecular flexibility index (Phi) is 6.13. The molecule has 0 N–H and O–H groups in total. The molecule has 0 heterocycles. The van der Waals surface area contributed by atoms with E-state index in [-0.39, 0.29) is 0 Å². The summed E-state index contributed by atoms with van der Waals surface area (Å²) in [7, 11) is 0. The van der Waals surface area contributed by atoms with Crippen LogP contribution in [-0.4, -0.2) is 0 Å². The van der Waals surface area contributed by atoms with Crippen molar-refractivity contribution >= 4 is 32.3 Å². The first-order chi connectivity index (χ1) is 30.8. The largest absolute Gasteiger partial charge is 0.0726 e. The minimum Gasteiger partial charge on any atom is -0.0619 e. The van der Waals surface area contributed by atoms with Crippen molar-refractivity contribution in [3.63, 3.8) is 0 Å². The maximum absolute atomic E-state index is 2.62. The molecule has 4 aliphatic carbocycles. The van der Waals surface area contributed by atoms with Gasteiger partial charge in [-0.3, -0.25) is 0 Å². The van der Waals surface area contributed by atoms with Gasteiger partial charge in [-0.2, -0.15) is 0 Å². The lowest BCUT2D eigenvalue weighted by Gasteiger charge is -2.32. The van der Waals surface area contributed by atoms with Crippen LogP contribution in [0.1, 0.15) is 44.5 Å². The molecule has 1 atom stereocenters. The SMILES string of the molecule is c1ccc2c(c1)-c1ccccc1C21c2ccccc2-c2c1cc(-c1cc3c(c4ccccc14)-c1ccccc1C31c3ccccc3-c3c1ccc1ccccc31)c1ccccc21. The molecule has 0 bridgehead atoms. The summed E-state index contributed by atoms with van der Waals surface area (Å²) in [6.07, 6.45) is 0. The second-order valence-electron chi connectivity index (χ2n) is 17.7. The number of rotatable bonds is 1. The Morgan fingerprint density at radius 2 is 0.516 bits per heavy atom. The van der Waals surface area contributed by atoms with E-state index in [1.807, 2.05) is 0 Å². The summed E-state index contributed by atoms with van der Waals surface area (Å²) in [4.78, 5) is 0. The molecule has 0 nitrogen and oxygen atoms in total. The van der Waals surface area contributed by atoms with Crippen LogP contribution in [0.4, 0.5) is 0 Å². The van der Waals surface area contributed by atoms with Gasteiger partial charge in [0.25, 0.3) is 0 Å². The summed E-state index contributed by atoms with van der Waals surface area (Å²) in [5, 5.41) is 7.76. The third kappa shape index (κ3) is 3.67. The molecular formula is C62H36. The molecule has 1 unspecified atom stereocenters. The van der Waals surface area contributed by atoms with Gasteiger partial charge in [0.1, 0.15) is 0 Å². The number of benzene rings is 11. The van der Waals surface area contributed by atoms with Crippen molar-refractivity contribution in [2.75, 3.05) is 0 Å². The minimum atomic E-state index is -0.492. The summed E-state index contributed by atoms with van der Waals surface area (Å²) in [6.45, 7) is 0. The average molecular weight is 781 g/mol. The first-order valence-corrected chi connectivity index (χ1v) is 21.9. The predicted octanol–water partition coefficient (Wildman–Crippen LogP) is 15.5. The molecular weight excluding hydrogens is 745 g/mol. The van der Waals surface area contributed by atoms with E-state index in [9.17, 15) is 0 Å². The second-order valence-corrected chi connectivity index (χ2v) is 17.7. The Bertz CT molecular complexity index is 3770. The molecule has 15 rings (SSSR count). The summed E-state index contributed by atoms with van der Waals surface area (Å²) in [5.41, 5.74) is 23.3. The molecule has 62 heavy (non-hydrogen) atoms. The highest BCUT2D eigenvalue weighted by Crippen LogP contribution is 2.67. The molecule has 0 saturated heterocycles. The predicted molar refractivity (Wildman–Crippen MR) is 257 cm³/mol. The molecule has 0 saturated carbocycles. The summed E-state index contributed by atoms with van der Waals surface area (Å²) in [6, 6.07) is 83.5. The van der Waals surface area contributed by atoms with Crippen molar-refractivity contribution in [2.24, 2.45) is 0 Å². The standard InChI is InChI=1S/C62H36/c1-2-18-38-37(17-1)33-34-55-58(38)45-25-9-15-31-53(45)62(55)54-32-16-11-27-47(54)60-44-24-6-4-20-40(44)49(36-57(60)62)48-35-56-59(43-23-5-3-19-39(43)48)46-26-10-14-30-52(46)61(56)50-28-12-7-21-41(50)42-22-8-13-29-51(42)61/h1-36H. The highest BCUT2D eigenvalue weighted by molar-refractivity contribution is 6.18. The minimum absolute atomic E-state index is 0.452. The van der Waals surface area contributed by atoms with Crippen molar-refractivity contribution < 1.29 is 0 Å². The van der Waals surface area contributed by atoms with Crippen LogP contribution in [-0.2, 0) is 10.8 Å². The maximum Gasteiger partial charge on any atom is 0.0726 e. The smallest absolute Gasteiger partial charge is 0.0619 e. The molecule has 284 valence electrons. The van der Waals surface area contributed by atoms with Gasteiger partial charge in [-0.25, -0.2) is 0 Å². The second kappa shape index (κ2) is 11.5. The van der Waals surface area contributed by atoms with Crippen LogP contribution in [0, 0.1) is 0 Å². The topological polar surface area (TPSA) is 0 Å². The van der Waals surface area contributed by atoms with Crippen molar-refractivity contribution in [2.45, 2.75) is 10.8 Å². The lowest BCUT2D eigenvalue weighted by atomic mass is 9.69. The molecule has 2 spiro atoms. The zero-order valence-electron chi connectivity index (χ0n) is 33.8. The first kappa shape index (κ1) is 33.0. The molecule has 0 amide bonds. The van der Waals surface area contributed by atoms with Crippen molar-refractivity contribution in [1.29, 1.82) is 0 Å². The molecule has 0 aromatic heterocycles. The lowest BCUT2D eigenvalue weighted by molar-refractivity contribution is 0.794. The van der Waals surface area contributed by atoms with Gasteiger partial charge in [0, 0.05) is 0 Å². The summed E-state index contributed by atoms with van der Waals surface area (Å²) >= 11 is 0. The normalized spacial score (nSPS) is 16.3. The Hall–Kier alpha value is -7.80. The van der Waals surface area contributed by atoms with Gasteiger partial charge in [0.15, 0.2) is 0 Å². The van der Waals surface area contributed by atoms with E-state index in [1.165, 1.54) is 132 Å². The Balaban J connectivity index is 1.12. The molecule has 11 aromatic rings. The van der Waals surface area contributed by atoms with Crippen LogP contribution in [0.3, 0.4) is 0 Å². The van der Waals surface area contributed by atoms with E-state index in [2.05, 4.69) is 218 Å². The number of hydrogen-bond donors (Lipinski definition) is 0. The summed E-state index contributed by atoms with van der Waals surface area (Å²) in [5.74, 6) is 0. The fraction of sp³-hybridized carbons (Fsp3) is 0.0323. The van der Waals surface area contributed by atoms with E-state index in [1.54, 1.807) is 0 Å². The third-order valence-electron chi connectivity index (χ3n) is 15.3. The fourth-order valence-electron chi connectivity index (χ4n) is 13.2. The lowest BCUT2D eigenvalue weighted by Crippen LogP contribution is -2.26. The monoisotopic (exact) mass is 780 g/mol. The Morgan fingerprint density at radius 1 is 0.194 bits per heavy atom. The highest BCUT2D eigenvalue weighted by atomic mass is 14.6. The van der Waals surface area contributed by atoms with Crippen molar-refractivity contribution in [1.82, 2.24) is 0 Å². The molecule has 4 aliphatic rings. The van der Waals surface area contributed by atoms with Crippen LogP contribution in [0.15, 0.2) is 218 Å². The first-order valence-electron chi connectivity index (χ1n) is 21.9. The molecule has 0 aliphatic heterocycles. The van der Waals surface area contributed by atoms with Gasteiger partial charge in [0.05, 0.1) is 10.8 Å². The van der Waals surface area contributed by atoms with Gasteiger partial charge in [0.2, 0.25) is 0 Å². The van der Waals surface area contributed by atoms with E-state index in [0.717, 1.165) is 0 Å². The number of hydrogen-bond acceptors (Lipinski definition) is 0. The van der Waals surface area contributed by atoms with E-state index in [4.69, 9.17) is 0 Å². The van der Waals surface area contributed by atoms with Crippen LogP contribution in [0.2, 0.25) is 0 Å². The van der Waals surface area contributed by atoms with Gasteiger partial charge >= 0.3 is 0 Å². The van der Waals surface area contributed by atoms with Gasteiger partial charge in [-0.1, -0.05) is 206 Å². The van der Waals surface area contributed by atoms with Gasteiger partial charge in [-0.15, -0.1) is 0 Å². The van der Waals surface area contributed by atoms with E-state index in [0.29, 0.717) is 0 Å². The zero-order chi connectivity index (χ0) is 40.3. The van der Waals surface area contributed by atoms with Crippen LogP contribution < -0.4 is 0 Å². The Labute approximate surface area is 360 Å². The Morgan fingerprint density at radius 3 is 0.984 bits per heavy atom. The average Bonchev–Trinajstić information content (AvgIpc) is 4.02. The third-order valence-corrected chi connectivity index (χ3v) is 15.3. The van der Waals surface area contributed by atoms with Crippen LogP contribution >= 0.6 is 0 Å². The van der Waals surface area contributed by atoms with Crippen molar-refractivity contribution in [3.05, 3.63) is 263 Å². The maximum atomic E-state index is 2.62. The fourth-order valence-corrected chi connectivity index (χ4v) is 13.2. The zero-order valence-corrected chi connectivity index (χ0v) is 33.8. The van der Waals surface area contributed by atoms with Crippen LogP contribution in [0.5, 0.6) is 0 Å². The van der Waals surface area contributed by atoms with E-state index >= 15 is 0 Å². The molecule has 0 fully saturated rings. The summed E-state index contributed by atoms with van der Waals surface area (Å²) < 4.78 is 0. The van der Waals surface area contributed by atoms with Crippen LogP contribution in [0.25, 0.3) is 88.0 Å². The van der Waals surface area contributed by atoms with Gasteiger partial charge in [-0.05, 0) is 145 Å².